The van der Waals surface area contributed by atoms with Gasteiger partial charge in [0.25, 0.3) is 0 Å². The third kappa shape index (κ3) is 2.51. The Morgan fingerprint density at radius 2 is 2.10 bits per heavy atom. The third-order valence-electron chi connectivity index (χ3n) is 3.81. The van der Waals surface area contributed by atoms with E-state index in [1.165, 1.54) is 21.6 Å². The second-order valence-corrected chi connectivity index (χ2v) is 5.99. The molecule has 1 N–H and O–H groups in total. The van der Waals surface area contributed by atoms with Crippen molar-refractivity contribution in [2.45, 2.75) is 26.2 Å². The van der Waals surface area contributed by atoms with Crippen molar-refractivity contribution in [2.75, 3.05) is 0 Å². The number of hydrogen-bond acceptors (Lipinski definition) is 3. The lowest BCUT2D eigenvalue weighted by atomic mass is 9.87. The van der Waals surface area contributed by atoms with Gasteiger partial charge in [-0.2, -0.15) is 0 Å². The van der Waals surface area contributed by atoms with Crippen molar-refractivity contribution in [1.82, 2.24) is 15.0 Å². The van der Waals surface area contributed by atoms with E-state index in [2.05, 4.69) is 47.0 Å². The van der Waals surface area contributed by atoms with Crippen molar-refractivity contribution >= 4 is 11.3 Å². The number of hydrogen-bond donors (Lipinski definition) is 1. The lowest BCUT2D eigenvalue weighted by molar-refractivity contribution is 0.780. The van der Waals surface area contributed by atoms with Crippen LogP contribution in [0.4, 0.5) is 0 Å². The molecule has 20 heavy (non-hydrogen) atoms. The van der Waals surface area contributed by atoms with Crippen LogP contribution >= 0.6 is 11.3 Å². The fourth-order valence-corrected chi connectivity index (χ4v) is 3.18. The smallest absolute Gasteiger partial charge is 0.0921 e. The predicted molar refractivity (Wildman–Crippen MR) is 82.2 cm³/mol. The highest BCUT2D eigenvalue weighted by molar-refractivity contribution is 7.09. The Bertz CT molecular complexity index is 672. The van der Waals surface area contributed by atoms with Crippen molar-refractivity contribution in [1.29, 1.82) is 0 Å². The Morgan fingerprint density at radius 1 is 1.20 bits per heavy atom. The molecule has 0 aliphatic carbocycles. The highest BCUT2D eigenvalue weighted by Gasteiger charge is 2.19. The third-order valence-corrected chi connectivity index (χ3v) is 4.61. The fraction of sp³-hybridized carbons (Fsp3) is 0.250. The Kier molecular flexibility index (Phi) is 3.65. The molecule has 102 valence electrons. The molecule has 3 aromatic rings. The summed E-state index contributed by atoms with van der Waals surface area (Å²) in [7, 11) is 0. The molecule has 0 amide bonds. The van der Waals surface area contributed by atoms with Crippen LogP contribution in [0.15, 0.2) is 42.4 Å². The number of H-pyrrole nitrogens is 1. The van der Waals surface area contributed by atoms with Crippen molar-refractivity contribution < 1.29 is 0 Å². The number of rotatable bonds is 4. The number of nitrogens with zero attached hydrogens (tertiary/aromatic N) is 2. The van der Waals surface area contributed by atoms with Crippen LogP contribution in [0.5, 0.6) is 0 Å². The van der Waals surface area contributed by atoms with Gasteiger partial charge in [-0.3, -0.25) is 4.98 Å². The molecule has 0 bridgehead atoms. The summed E-state index contributed by atoms with van der Waals surface area (Å²) in [5, 5.41) is 0. The molecule has 1 aromatic carbocycles. The van der Waals surface area contributed by atoms with Gasteiger partial charge in [0.2, 0.25) is 0 Å². The normalized spacial score (nSPS) is 12.5. The molecule has 1 atom stereocenters. The highest BCUT2D eigenvalue weighted by Crippen LogP contribution is 2.31. The summed E-state index contributed by atoms with van der Waals surface area (Å²) in [6, 6.07) is 6.51. The van der Waals surface area contributed by atoms with Gasteiger partial charge in [0.15, 0.2) is 0 Å². The molecule has 0 saturated carbocycles. The van der Waals surface area contributed by atoms with E-state index in [0.717, 1.165) is 12.1 Å². The minimum Gasteiger partial charge on any atom is -0.348 e. The van der Waals surface area contributed by atoms with Crippen LogP contribution in [0.1, 0.15) is 33.2 Å². The summed E-state index contributed by atoms with van der Waals surface area (Å²) in [5.41, 5.74) is 7.10. The average Bonchev–Trinajstić information content (AvgIpc) is 3.11. The maximum atomic E-state index is 4.18. The van der Waals surface area contributed by atoms with Crippen molar-refractivity contribution in [3.8, 4) is 0 Å². The van der Waals surface area contributed by atoms with E-state index < -0.39 is 0 Å². The molecule has 0 spiro atoms. The number of aromatic nitrogens is 3. The van der Waals surface area contributed by atoms with E-state index in [-0.39, 0.29) is 0 Å². The van der Waals surface area contributed by atoms with Gasteiger partial charge in [0, 0.05) is 28.9 Å². The fourth-order valence-electron chi connectivity index (χ4n) is 2.54. The van der Waals surface area contributed by atoms with Gasteiger partial charge in [-0.05, 0) is 37.0 Å². The summed E-state index contributed by atoms with van der Waals surface area (Å²) < 4.78 is 0. The summed E-state index contributed by atoms with van der Waals surface area (Å²) >= 11 is 1.71. The van der Waals surface area contributed by atoms with E-state index >= 15 is 0 Å². The maximum Gasteiger partial charge on any atom is 0.0921 e. The Hall–Kier alpha value is -1.94. The lowest BCUT2D eigenvalue weighted by Crippen LogP contribution is -2.07. The van der Waals surface area contributed by atoms with Gasteiger partial charge in [0.1, 0.15) is 0 Å². The minimum atomic E-state index is 0.304. The van der Waals surface area contributed by atoms with E-state index in [9.17, 15) is 0 Å². The SMILES string of the molecule is Cc1cccc([C@H](Cc2cncs2)c2cnc[nH]2)c1C. The average molecular weight is 283 g/mol. The molecular weight excluding hydrogens is 266 g/mol. The summed E-state index contributed by atoms with van der Waals surface area (Å²) in [5.74, 6) is 0.304. The first-order valence-corrected chi connectivity index (χ1v) is 7.55. The first-order chi connectivity index (χ1) is 9.75. The number of imidazole rings is 1. The molecular formula is C16H17N3S. The van der Waals surface area contributed by atoms with Crippen LogP contribution in [0, 0.1) is 13.8 Å². The molecule has 0 radical (unpaired) electrons. The molecule has 3 rings (SSSR count). The molecule has 0 saturated heterocycles. The summed E-state index contributed by atoms with van der Waals surface area (Å²) in [4.78, 5) is 12.9. The van der Waals surface area contributed by atoms with Crippen LogP contribution in [0.25, 0.3) is 0 Å². The van der Waals surface area contributed by atoms with E-state index in [1.807, 2.05) is 17.9 Å². The van der Waals surface area contributed by atoms with Crippen LogP contribution in [0.3, 0.4) is 0 Å². The Morgan fingerprint density at radius 3 is 2.80 bits per heavy atom. The lowest BCUT2D eigenvalue weighted by Gasteiger charge is -2.18. The second-order valence-electron chi connectivity index (χ2n) is 5.02. The molecule has 3 nitrogen and oxygen atoms in total. The van der Waals surface area contributed by atoms with Crippen molar-refractivity contribution in [3.05, 3.63) is 69.7 Å². The van der Waals surface area contributed by atoms with Gasteiger partial charge in [0.05, 0.1) is 11.8 Å². The maximum absolute atomic E-state index is 4.18. The quantitative estimate of drug-likeness (QED) is 0.790. The minimum absolute atomic E-state index is 0.304. The van der Waals surface area contributed by atoms with Crippen LogP contribution < -0.4 is 0 Å². The standard InChI is InChI=1S/C16H17N3S/c1-11-4-3-5-14(12(11)2)15(16-8-17-9-19-16)6-13-7-18-10-20-13/h3-5,7-10,15H,6H2,1-2H3,(H,17,19)/t15-/m0/s1. The van der Waals surface area contributed by atoms with Crippen LogP contribution in [0.2, 0.25) is 0 Å². The second kappa shape index (κ2) is 5.59. The zero-order chi connectivity index (χ0) is 13.9. The van der Waals surface area contributed by atoms with Gasteiger partial charge < -0.3 is 4.98 Å². The largest absolute Gasteiger partial charge is 0.348 e. The van der Waals surface area contributed by atoms with Gasteiger partial charge in [-0.1, -0.05) is 18.2 Å². The van der Waals surface area contributed by atoms with Crippen molar-refractivity contribution in [2.24, 2.45) is 0 Å². The van der Waals surface area contributed by atoms with Gasteiger partial charge in [-0.25, -0.2) is 4.98 Å². The number of thiazole rings is 1. The first-order valence-electron chi connectivity index (χ1n) is 6.67. The summed E-state index contributed by atoms with van der Waals surface area (Å²) in [6.07, 6.45) is 6.59. The molecule has 2 aromatic heterocycles. The molecule has 4 heteroatoms. The van der Waals surface area contributed by atoms with E-state index in [4.69, 9.17) is 0 Å². The number of nitrogens with one attached hydrogen (secondary N) is 1. The number of aryl methyl sites for hydroxylation is 1. The highest BCUT2D eigenvalue weighted by atomic mass is 32.1. The van der Waals surface area contributed by atoms with E-state index in [0.29, 0.717) is 5.92 Å². The van der Waals surface area contributed by atoms with Crippen LogP contribution in [-0.4, -0.2) is 15.0 Å². The topological polar surface area (TPSA) is 41.6 Å². The number of benzene rings is 1. The first kappa shape index (κ1) is 13.1. The Balaban J connectivity index is 2.03. The monoisotopic (exact) mass is 283 g/mol. The zero-order valence-electron chi connectivity index (χ0n) is 11.6. The number of aromatic amines is 1. The molecule has 2 heterocycles. The molecule has 0 unspecified atom stereocenters. The van der Waals surface area contributed by atoms with Gasteiger partial charge >= 0.3 is 0 Å². The Labute approximate surface area is 122 Å². The van der Waals surface area contributed by atoms with E-state index in [1.54, 1.807) is 17.7 Å². The molecule has 0 aliphatic rings. The van der Waals surface area contributed by atoms with Gasteiger partial charge in [-0.15, -0.1) is 11.3 Å². The summed E-state index contributed by atoms with van der Waals surface area (Å²) in [6.45, 7) is 4.36. The van der Waals surface area contributed by atoms with Crippen molar-refractivity contribution in [3.63, 3.8) is 0 Å². The molecule has 0 aliphatic heterocycles. The molecule has 0 fully saturated rings. The predicted octanol–water partition coefficient (Wildman–Crippen LogP) is 3.86. The van der Waals surface area contributed by atoms with Crippen LogP contribution in [-0.2, 0) is 6.42 Å². The zero-order valence-corrected chi connectivity index (χ0v) is 12.4.